The average Bonchev–Trinajstić information content (AvgIpc) is 2.13. The molecule has 0 aliphatic heterocycles. The van der Waals surface area contributed by atoms with Crippen LogP contribution in [0, 0.1) is 11.8 Å². The molecule has 2 atom stereocenters. The fraction of sp³-hybridized carbons (Fsp3) is 1.00. The number of hydrogen-bond acceptors (Lipinski definition) is 1. The van der Waals surface area contributed by atoms with Crippen LogP contribution in [-0.2, 0) is 0 Å². The Bertz CT molecular complexity index is 136. The maximum atomic E-state index is 5.71. The van der Waals surface area contributed by atoms with E-state index in [0.29, 0.717) is 6.04 Å². The lowest BCUT2D eigenvalue weighted by Crippen LogP contribution is -2.34. The van der Waals surface area contributed by atoms with Gasteiger partial charge in [-0.15, -0.1) is 11.6 Å². The van der Waals surface area contributed by atoms with Gasteiger partial charge < -0.3 is 4.90 Å². The van der Waals surface area contributed by atoms with Crippen molar-refractivity contribution in [3.05, 3.63) is 0 Å². The second-order valence-corrected chi connectivity index (χ2v) is 5.21. The van der Waals surface area contributed by atoms with Crippen molar-refractivity contribution in [1.29, 1.82) is 0 Å². The van der Waals surface area contributed by atoms with E-state index in [9.17, 15) is 0 Å². The molecule has 0 N–H and O–H groups in total. The third-order valence-electron chi connectivity index (χ3n) is 3.24. The van der Waals surface area contributed by atoms with E-state index in [1.807, 2.05) is 0 Å². The van der Waals surface area contributed by atoms with Crippen LogP contribution in [0.5, 0.6) is 0 Å². The van der Waals surface area contributed by atoms with E-state index in [1.54, 1.807) is 0 Å². The van der Waals surface area contributed by atoms with Crippen molar-refractivity contribution in [1.82, 2.24) is 4.90 Å². The predicted octanol–water partition coefficient (Wildman–Crippen LogP) is 3.62. The van der Waals surface area contributed by atoms with Crippen LogP contribution in [0.2, 0.25) is 0 Å². The van der Waals surface area contributed by atoms with Crippen LogP contribution in [0.3, 0.4) is 0 Å². The van der Waals surface area contributed by atoms with Gasteiger partial charge in [0.15, 0.2) is 0 Å². The van der Waals surface area contributed by atoms with E-state index in [1.165, 1.54) is 13.0 Å². The van der Waals surface area contributed by atoms with Gasteiger partial charge in [0, 0.05) is 11.9 Å². The van der Waals surface area contributed by atoms with Crippen LogP contribution in [0.4, 0.5) is 0 Å². The number of nitrogens with zero attached hydrogens (tertiary/aromatic N) is 1. The van der Waals surface area contributed by atoms with Gasteiger partial charge in [0.1, 0.15) is 0 Å². The summed E-state index contributed by atoms with van der Waals surface area (Å²) in [6.45, 7) is 10.3. The monoisotopic (exact) mass is 219 g/mol. The molecule has 1 nitrogen and oxygen atoms in total. The third kappa shape index (κ3) is 5.87. The topological polar surface area (TPSA) is 3.24 Å². The highest BCUT2D eigenvalue weighted by Gasteiger charge is 2.13. The zero-order valence-electron chi connectivity index (χ0n) is 10.4. The van der Waals surface area contributed by atoms with Gasteiger partial charge in [-0.3, -0.25) is 0 Å². The van der Waals surface area contributed by atoms with Gasteiger partial charge in [-0.2, -0.15) is 0 Å². The van der Waals surface area contributed by atoms with E-state index in [2.05, 4.69) is 39.6 Å². The Morgan fingerprint density at radius 2 is 1.64 bits per heavy atom. The number of hydrogen-bond donors (Lipinski definition) is 0. The van der Waals surface area contributed by atoms with Gasteiger partial charge in [-0.25, -0.2) is 0 Å². The van der Waals surface area contributed by atoms with Crippen molar-refractivity contribution >= 4 is 11.6 Å². The lowest BCUT2D eigenvalue weighted by atomic mass is 10.0. The van der Waals surface area contributed by atoms with E-state index in [4.69, 9.17) is 11.6 Å². The van der Waals surface area contributed by atoms with Crippen molar-refractivity contribution in [2.75, 3.05) is 19.5 Å². The normalized spacial score (nSPS) is 16.3. The second kappa shape index (κ2) is 7.53. The molecule has 0 aliphatic rings. The lowest BCUT2D eigenvalue weighted by Gasteiger charge is -2.28. The predicted molar refractivity (Wildman–Crippen MR) is 66.0 cm³/mol. The maximum absolute atomic E-state index is 5.71. The van der Waals surface area contributed by atoms with Gasteiger partial charge in [-0.05, 0) is 45.2 Å². The van der Waals surface area contributed by atoms with Crippen molar-refractivity contribution < 1.29 is 0 Å². The molecule has 0 radical (unpaired) electrons. The standard InChI is InChI=1S/C12H26ClN/c1-10(2)12(4)14(5)9-7-11(3)6-8-13/h10-12H,6-9H2,1-5H3. The van der Waals surface area contributed by atoms with Crippen molar-refractivity contribution in [3.8, 4) is 0 Å². The molecule has 2 heteroatoms. The van der Waals surface area contributed by atoms with Crippen molar-refractivity contribution in [2.45, 2.75) is 46.6 Å². The molecular weight excluding hydrogens is 194 g/mol. The molecule has 0 saturated carbocycles. The summed E-state index contributed by atoms with van der Waals surface area (Å²) >= 11 is 5.71. The first kappa shape index (κ1) is 14.2. The summed E-state index contributed by atoms with van der Waals surface area (Å²) in [7, 11) is 2.22. The average molecular weight is 220 g/mol. The van der Waals surface area contributed by atoms with Crippen LogP contribution >= 0.6 is 11.6 Å². The first-order chi connectivity index (χ1) is 6.49. The smallest absolute Gasteiger partial charge is 0.0225 e. The highest BCUT2D eigenvalue weighted by Crippen LogP contribution is 2.13. The molecule has 0 saturated heterocycles. The summed E-state index contributed by atoms with van der Waals surface area (Å²) in [5, 5.41) is 0. The van der Waals surface area contributed by atoms with Gasteiger partial charge >= 0.3 is 0 Å². The molecular formula is C12H26ClN. The second-order valence-electron chi connectivity index (χ2n) is 4.84. The summed E-state index contributed by atoms with van der Waals surface area (Å²) in [6.07, 6.45) is 2.41. The Balaban J connectivity index is 3.67. The largest absolute Gasteiger partial charge is 0.303 e. The number of rotatable bonds is 7. The molecule has 0 aliphatic carbocycles. The quantitative estimate of drug-likeness (QED) is 0.592. The van der Waals surface area contributed by atoms with E-state index in [0.717, 1.165) is 24.1 Å². The number of alkyl halides is 1. The fourth-order valence-electron chi connectivity index (χ4n) is 1.47. The molecule has 2 unspecified atom stereocenters. The molecule has 0 aromatic rings. The van der Waals surface area contributed by atoms with E-state index >= 15 is 0 Å². The van der Waals surface area contributed by atoms with Crippen molar-refractivity contribution in [2.24, 2.45) is 11.8 Å². The Morgan fingerprint density at radius 1 is 1.07 bits per heavy atom. The minimum atomic E-state index is 0.679. The van der Waals surface area contributed by atoms with Gasteiger partial charge in [0.2, 0.25) is 0 Å². The summed E-state index contributed by atoms with van der Waals surface area (Å²) in [6, 6.07) is 0.679. The molecule has 0 rings (SSSR count). The molecule has 0 heterocycles. The highest BCUT2D eigenvalue weighted by atomic mass is 35.5. The summed E-state index contributed by atoms with van der Waals surface area (Å²) in [5.74, 6) is 2.29. The Kier molecular flexibility index (Phi) is 7.66. The van der Waals surface area contributed by atoms with Crippen LogP contribution in [-0.4, -0.2) is 30.4 Å². The molecule has 0 spiro atoms. The van der Waals surface area contributed by atoms with E-state index in [-0.39, 0.29) is 0 Å². The van der Waals surface area contributed by atoms with Crippen LogP contribution < -0.4 is 0 Å². The SMILES string of the molecule is CC(CCCl)CCN(C)C(C)C(C)C. The minimum absolute atomic E-state index is 0.679. The minimum Gasteiger partial charge on any atom is -0.303 e. The van der Waals surface area contributed by atoms with Gasteiger partial charge in [0.25, 0.3) is 0 Å². The summed E-state index contributed by atoms with van der Waals surface area (Å²) in [4.78, 5) is 2.45. The van der Waals surface area contributed by atoms with Crippen LogP contribution in [0.1, 0.15) is 40.5 Å². The van der Waals surface area contributed by atoms with Gasteiger partial charge in [0.05, 0.1) is 0 Å². The Labute approximate surface area is 94.8 Å². The first-order valence-electron chi connectivity index (χ1n) is 5.75. The highest BCUT2D eigenvalue weighted by molar-refractivity contribution is 6.17. The zero-order chi connectivity index (χ0) is 11.1. The van der Waals surface area contributed by atoms with Crippen LogP contribution in [0.15, 0.2) is 0 Å². The van der Waals surface area contributed by atoms with Gasteiger partial charge in [-0.1, -0.05) is 20.8 Å². The lowest BCUT2D eigenvalue weighted by molar-refractivity contribution is 0.196. The third-order valence-corrected chi connectivity index (χ3v) is 3.45. The fourth-order valence-corrected chi connectivity index (χ4v) is 1.84. The Morgan fingerprint density at radius 3 is 2.07 bits per heavy atom. The summed E-state index contributed by atoms with van der Waals surface area (Å²) < 4.78 is 0. The van der Waals surface area contributed by atoms with E-state index < -0.39 is 0 Å². The summed E-state index contributed by atoms with van der Waals surface area (Å²) in [5.41, 5.74) is 0. The van der Waals surface area contributed by atoms with Crippen molar-refractivity contribution in [3.63, 3.8) is 0 Å². The molecule has 0 amide bonds. The zero-order valence-corrected chi connectivity index (χ0v) is 11.1. The first-order valence-corrected chi connectivity index (χ1v) is 6.28. The molecule has 0 bridgehead atoms. The Hall–Kier alpha value is 0.250. The maximum Gasteiger partial charge on any atom is 0.0225 e. The molecule has 0 fully saturated rings. The molecule has 0 aromatic heterocycles. The molecule has 86 valence electrons. The number of halogens is 1. The van der Waals surface area contributed by atoms with Crippen LogP contribution in [0.25, 0.3) is 0 Å². The molecule has 0 aromatic carbocycles. The molecule has 14 heavy (non-hydrogen) atoms.